The molecule has 0 saturated carbocycles. The Balaban J connectivity index is 1.42. The van der Waals surface area contributed by atoms with Crippen molar-refractivity contribution >= 4 is 0 Å². The fraction of sp³-hybridized carbons (Fsp3) is 0.172. The van der Waals surface area contributed by atoms with Gasteiger partial charge in [0, 0.05) is 5.92 Å². The summed E-state index contributed by atoms with van der Waals surface area (Å²) in [7, 11) is 0. The molecule has 0 amide bonds. The van der Waals surface area contributed by atoms with Gasteiger partial charge < -0.3 is 9.47 Å². The first-order chi connectivity index (χ1) is 15.0. The predicted octanol–water partition coefficient (Wildman–Crippen LogP) is 8.35. The van der Waals surface area contributed by atoms with Crippen LogP contribution in [0.25, 0.3) is 0 Å². The lowest BCUT2D eigenvalue weighted by Gasteiger charge is -2.15. The summed E-state index contributed by atoms with van der Waals surface area (Å²) in [6.45, 7) is 8.49. The largest absolute Gasteiger partial charge is 0.457 e. The van der Waals surface area contributed by atoms with E-state index < -0.39 is 0 Å². The zero-order valence-electron chi connectivity index (χ0n) is 18.6. The summed E-state index contributed by atoms with van der Waals surface area (Å²) in [5.74, 6) is 3.71. The number of benzene rings is 4. The molecule has 0 radical (unpaired) electrons. The first-order valence-corrected chi connectivity index (χ1v) is 10.7. The fourth-order valence-electron chi connectivity index (χ4n) is 3.57. The minimum Gasteiger partial charge on any atom is -0.457 e. The highest BCUT2D eigenvalue weighted by Crippen LogP contribution is 2.30. The van der Waals surface area contributed by atoms with Gasteiger partial charge in [0.15, 0.2) is 0 Å². The van der Waals surface area contributed by atoms with E-state index in [-0.39, 0.29) is 5.92 Å². The molecule has 4 rings (SSSR count). The SMILES string of the molecule is Cc1cccc(Oc2ccc(C(C)c3ccc(Oc4ccc(C)c(C)c4)cc3)cc2)c1. The van der Waals surface area contributed by atoms with Crippen molar-refractivity contribution < 1.29 is 9.47 Å². The molecule has 4 aromatic rings. The fourth-order valence-corrected chi connectivity index (χ4v) is 3.57. The lowest BCUT2D eigenvalue weighted by atomic mass is 9.93. The molecule has 0 heterocycles. The van der Waals surface area contributed by atoms with Crippen LogP contribution in [0.5, 0.6) is 23.0 Å². The van der Waals surface area contributed by atoms with Crippen LogP contribution in [0.3, 0.4) is 0 Å². The van der Waals surface area contributed by atoms with E-state index >= 15 is 0 Å². The first kappa shape index (κ1) is 20.7. The molecule has 0 saturated heterocycles. The third-order valence-corrected chi connectivity index (χ3v) is 5.70. The Labute approximate surface area is 185 Å². The van der Waals surface area contributed by atoms with Gasteiger partial charge in [0.25, 0.3) is 0 Å². The average Bonchev–Trinajstić information content (AvgIpc) is 2.77. The Bertz CT molecular complexity index is 1160. The maximum atomic E-state index is 6.02. The van der Waals surface area contributed by atoms with Crippen LogP contribution in [0, 0.1) is 20.8 Å². The summed E-state index contributed by atoms with van der Waals surface area (Å²) < 4.78 is 12.0. The van der Waals surface area contributed by atoms with Gasteiger partial charge in [-0.1, -0.05) is 49.4 Å². The molecule has 0 aliphatic carbocycles. The Morgan fingerprint density at radius 3 is 1.55 bits per heavy atom. The van der Waals surface area contributed by atoms with Crippen molar-refractivity contribution in [2.24, 2.45) is 0 Å². The van der Waals surface area contributed by atoms with E-state index in [2.05, 4.69) is 70.2 Å². The van der Waals surface area contributed by atoms with Crippen LogP contribution in [0.4, 0.5) is 0 Å². The second-order valence-electron chi connectivity index (χ2n) is 8.13. The van der Waals surface area contributed by atoms with Crippen molar-refractivity contribution in [3.05, 3.63) is 119 Å². The maximum Gasteiger partial charge on any atom is 0.127 e. The van der Waals surface area contributed by atoms with Gasteiger partial charge in [-0.2, -0.15) is 0 Å². The molecular weight excluding hydrogens is 380 g/mol. The van der Waals surface area contributed by atoms with E-state index in [1.54, 1.807) is 0 Å². The molecule has 4 aromatic carbocycles. The number of aryl methyl sites for hydroxylation is 3. The van der Waals surface area contributed by atoms with Crippen LogP contribution in [0.15, 0.2) is 91.0 Å². The summed E-state index contributed by atoms with van der Waals surface area (Å²) in [6.07, 6.45) is 0. The zero-order valence-corrected chi connectivity index (χ0v) is 18.6. The number of rotatable bonds is 6. The monoisotopic (exact) mass is 408 g/mol. The molecule has 2 heteroatoms. The van der Waals surface area contributed by atoms with Crippen molar-refractivity contribution in [1.29, 1.82) is 0 Å². The lowest BCUT2D eigenvalue weighted by molar-refractivity contribution is 0.482. The minimum atomic E-state index is 0.281. The lowest BCUT2D eigenvalue weighted by Crippen LogP contribution is -1.96. The van der Waals surface area contributed by atoms with Crippen LogP contribution in [0.1, 0.15) is 40.7 Å². The molecule has 0 aromatic heterocycles. The molecule has 0 aliphatic heterocycles. The highest BCUT2D eigenvalue weighted by molar-refractivity contribution is 5.41. The van der Waals surface area contributed by atoms with Gasteiger partial charge in [-0.25, -0.2) is 0 Å². The molecule has 1 unspecified atom stereocenters. The maximum absolute atomic E-state index is 6.02. The molecule has 31 heavy (non-hydrogen) atoms. The zero-order chi connectivity index (χ0) is 21.8. The van der Waals surface area contributed by atoms with E-state index in [0.29, 0.717) is 0 Å². The van der Waals surface area contributed by atoms with E-state index in [4.69, 9.17) is 9.47 Å². The van der Waals surface area contributed by atoms with Gasteiger partial charge >= 0.3 is 0 Å². The summed E-state index contributed by atoms with van der Waals surface area (Å²) in [6, 6.07) is 31.0. The molecule has 0 N–H and O–H groups in total. The van der Waals surface area contributed by atoms with Crippen molar-refractivity contribution in [2.75, 3.05) is 0 Å². The van der Waals surface area contributed by atoms with Crippen LogP contribution in [0.2, 0.25) is 0 Å². The van der Waals surface area contributed by atoms with Gasteiger partial charge in [-0.3, -0.25) is 0 Å². The quantitative estimate of drug-likeness (QED) is 0.319. The van der Waals surface area contributed by atoms with Crippen molar-refractivity contribution in [1.82, 2.24) is 0 Å². The molecule has 1 atom stereocenters. The normalized spacial score (nSPS) is 11.7. The molecule has 0 fully saturated rings. The Kier molecular flexibility index (Phi) is 6.08. The second-order valence-corrected chi connectivity index (χ2v) is 8.13. The second kappa shape index (κ2) is 9.09. The van der Waals surface area contributed by atoms with Gasteiger partial charge in [0.2, 0.25) is 0 Å². The van der Waals surface area contributed by atoms with E-state index in [0.717, 1.165) is 23.0 Å². The highest BCUT2D eigenvalue weighted by Gasteiger charge is 2.10. The molecule has 0 bridgehead atoms. The number of hydrogen-bond donors (Lipinski definition) is 0. The first-order valence-electron chi connectivity index (χ1n) is 10.7. The summed E-state index contributed by atoms with van der Waals surface area (Å²) in [5, 5.41) is 0. The number of ether oxygens (including phenoxy) is 2. The molecule has 2 nitrogen and oxygen atoms in total. The van der Waals surface area contributed by atoms with Gasteiger partial charge in [0.1, 0.15) is 23.0 Å². The molecule has 0 spiro atoms. The van der Waals surface area contributed by atoms with Crippen LogP contribution < -0.4 is 9.47 Å². The molecule has 156 valence electrons. The third-order valence-electron chi connectivity index (χ3n) is 5.70. The average molecular weight is 409 g/mol. The molecule has 0 aliphatic rings. The predicted molar refractivity (Wildman–Crippen MR) is 128 cm³/mol. The Hall–Kier alpha value is -3.52. The standard InChI is InChI=1S/C29H28O2/c1-20-6-5-7-28(18-20)30-26-14-9-24(10-15-26)23(4)25-11-16-27(17-12-25)31-29-13-8-21(2)22(3)19-29/h5-19,23H,1-4H3. The van der Waals surface area contributed by atoms with E-state index in [9.17, 15) is 0 Å². The van der Waals surface area contributed by atoms with Gasteiger partial charge in [-0.15, -0.1) is 0 Å². The number of hydrogen-bond acceptors (Lipinski definition) is 2. The summed E-state index contributed by atoms with van der Waals surface area (Å²) in [5.41, 5.74) is 6.19. The van der Waals surface area contributed by atoms with Crippen LogP contribution in [-0.4, -0.2) is 0 Å². The van der Waals surface area contributed by atoms with Gasteiger partial charge in [-0.05, 0) is 97.1 Å². The third kappa shape index (κ3) is 5.16. The van der Waals surface area contributed by atoms with Crippen molar-refractivity contribution in [2.45, 2.75) is 33.6 Å². The van der Waals surface area contributed by atoms with Crippen LogP contribution >= 0.6 is 0 Å². The smallest absolute Gasteiger partial charge is 0.127 e. The molecular formula is C29H28O2. The topological polar surface area (TPSA) is 18.5 Å². The summed E-state index contributed by atoms with van der Waals surface area (Å²) in [4.78, 5) is 0. The van der Waals surface area contributed by atoms with Crippen molar-refractivity contribution in [3.63, 3.8) is 0 Å². The Morgan fingerprint density at radius 2 is 1.03 bits per heavy atom. The van der Waals surface area contributed by atoms with Gasteiger partial charge in [0.05, 0.1) is 0 Å². The summed E-state index contributed by atoms with van der Waals surface area (Å²) >= 11 is 0. The van der Waals surface area contributed by atoms with E-state index in [1.165, 1.54) is 27.8 Å². The Morgan fingerprint density at radius 1 is 0.516 bits per heavy atom. The highest BCUT2D eigenvalue weighted by atomic mass is 16.5. The van der Waals surface area contributed by atoms with Crippen molar-refractivity contribution in [3.8, 4) is 23.0 Å². The van der Waals surface area contributed by atoms with Crippen LogP contribution in [-0.2, 0) is 0 Å². The van der Waals surface area contributed by atoms with E-state index in [1.807, 2.05) is 48.5 Å². The minimum absolute atomic E-state index is 0.281.